The van der Waals surface area contributed by atoms with E-state index in [1.54, 1.807) is 10.8 Å². The summed E-state index contributed by atoms with van der Waals surface area (Å²) in [5.41, 5.74) is 1.51. The Labute approximate surface area is 139 Å². The molecule has 0 amide bonds. The molecule has 1 aromatic carbocycles. The second-order valence-electron chi connectivity index (χ2n) is 4.01. The van der Waals surface area contributed by atoms with Gasteiger partial charge in [0.2, 0.25) is 0 Å². The molecule has 0 radical (unpaired) electrons. The Hall–Kier alpha value is -0.560. The van der Waals surface area contributed by atoms with Gasteiger partial charge in [-0.05, 0) is 35.0 Å². The zero-order valence-corrected chi connectivity index (χ0v) is 14.6. The molecule has 3 aromatic rings. The second-order valence-corrected chi connectivity index (χ2v) is 7.55. The maximum Gasteiger partial charge on any atom is 0.141 e. The third-order valence-electron chi connectivity index (χ3n) is 2.78. The van der Waals surface area contributed by atoms with E-state index in [1.807, 2.05) is 12.1 Å². The van der Waals surface area contributed by atoms with Crippen molar-refractivity contribution >= 4 is 54.5 Å². The maximum absolute atomic E-state index is 13.7. The first-order valence-corrected chi connectivity index (χ1v) is 8.88. The summed E-state index contributed by atoms with van der Waals surface area (Å²) in [6.45, 7) is 0. The minimum atomic E-state index is -0.252. The van der Waals surface area contributed by atoms with Crippen LogP contribution in [0.25, 0.3) is 20.9 Å². The molecule has 0 atom stereocenters. The lowest BCUT2D eigenvalue weighted by Crippen LogP contribution is -1.85. The van der Waals surface area contributed by atoms with E-state index in [1.165, 1.54) is 34.8 Å². The van der Waals surface area contributed by atoms with E-state index in [0.29, 0.717) is 9.75 Å². The van der Waals surface area contributed by atoms with Crippen molar-refractivity contribution in [1.82, 2.24) is 0 Å². The maximum atomic E-state index is 13.7. The van der Waals surface area contributed by atoms with Crippen LogP contribution in [0.4, 0.5) is 8.78 Å². The van der Waals surface area contributed by atoms with Gasteiger partial charge in [-0.3, -0.25) is 0 Å². The fourth-order valence-corrected chi connectivity index (χ4v) is 4.81. The highest BCUT2D eigenvalue weighted by atomic mass is 79.9. The standard InChI is InChI=1S/C14H6Br2F2S2/c15-9-6-8(14-12(18)2-4-20-14)10(16)5-7(9)13-11(17)1-3-19-13/h1-6H. The van der Waals surface area contributed by atoms with Crippen LogP contribution in [0.1, 0.15) is 0 Å². The van der Waals surface area contributed by atoms with Crippen LogP contribution in [-0.2, 0) is 0 Å². The van der Waals surface area contributed by atoms with Gasteiger partial charge in [-0.25, -0.2) is 8.78 Å². The molecule has 0 aliphatic rings. The van der Waals surface area contributed by atoms with Crippen molar-refractivity contribution in [1.29, 1.82) is 0 Å². The van der Waals surface area contributed by atoms with Gasteiger partial charge in [0.05, 0.1) is 9.75 Å². The molecule has 0 saturated heterocycles. The normalized spacial score (nSPS) is 11.0. The number of rotatable bonds is 2. The van der Waals surface area contributed by atoms with Crippen LogP contribution in [0, 0.1) is 11.6 Å². The predicted octanol–water partition coefficient (Wildman–Crippen LogP) is 6.95. The Kier molecular flexibility index (Phi) is 4.08. The number of hydrogen-bond donors (Lipinski definition) is 0. The zero-order valence-electron chi connectivity index (χ0n) is 9.79. The lowest BCUT2D eigenvalue weighted by Gasteiger charge is -2.08. The first-order valence-electron chi connectivity index (χ1n) is 5.53. The third-order valence-corrected chi connectivity index (χ3v) is 5.94. The van der Waals surface area contributed by atoms with Crippen LogP contribution in [0.15, 0.2) is 44.0 Å². The molecule has 0 nitrogen and oxygen atoms in total. The van der Waals surface area contributed by atoms with Crippen molar-refractivity contribution in [2.45, 2.75) is 0 Å². The summed E-state index contributed by atoms with van der Waals surface area (Å²) in [6, 6.07) is 6.50. The topological polar surface area (TPSA) is 0 Å². The Bertz CT molecular complexity index is 711. The van der Waals surface area contributed by atoms with Crippen molar-refractivity contribution in [2.24, 2.45) is 0 Å². The molecule has 0 unspecified atom stereocenters. The van der Waals surface area contributed by atoms with Crippen molar-refractivity contribution in [3.05, 3.63) is 55.6 Å². The van der Waals surface area contributed by atoms with Gasteiger partial charge in [0.25, 0.3) is 0 Å². The second kappa shape index (κ2) is 5.67. The van der Waals surface area contributed by atoms with Gasteiger partial charge in [-0.2, -0.15) is 0 Å². The SMILES string of the molecule is Fc1ccsc1-c1cc(Br)c(-c2sccc2F)cc1Br. The molecule has 0 aliphatic heterocycles. The Morgan fingerprint density at radius 3 is 1.45 bits per heavy atom. The van der Waals surface area contributed by atoms with Crippen LogP contribution in [-0.4, -0.2) is 0 Å². The first-order chi connectivity index (χ1) is 9.58. The highest BCUT2D eigenvalue weighted by Crippen LogP contribution is 2.42. The largest absolute Gasteiger partial charge is 0.205 e. The summed E-state index contributed by atoms with van der Waals surface area (Å²) in [6.07, 6.45) is 0. The van der Waals surface area contributed by atoms with Crippen LogP contribution in [0.2, 0.25) is 0 Å². The highest BCUT2D eigenvalue weighted by molar-refractivity contribution is 9.11. The van der Waals surface area contributed by atoms with Crippen LogP contribution >= 0.6 is 54.5 Å². The minimum absolute atomic E-state index is 0.252. The quantitative estimate of drug-likeness (QED) is 0.408. The smallest absolute Gasteiger partial charge is 0.141 e. The van der Waals surface area contributed by atoms with Gasteiger partial charge >= 0.3 is 0 Å². The van der Waals surface area contributed by atoms with Crippen molar-refractivity contribution < 1.29 is 8.78 Å². The van der Waals surface area contributed by atoms with E-state index in [4.69, 9.17) is 0 Å². The Balaban J connectivity index is 2.17. The van der Waals surface area contributed by atoms with Gasteiger partial charge < -0.3 is 0 Å². The molecule has 0 spiro atoms. The van der Waals surface area contributed by atoms with Gasteiger partial charge in [0.15, 0.2) is 0 Å². The van der Waals surface area contributed by atoms with Crippen molar-refractivity contribution in [3.63, 3.8) is 0 Å². The average Bonchev–Trinajstić information content (AvgIpc) is 3.01. The summed E-state index contributed by atoms with van der Waals surface area (Å²) in [5.74, 6) is -0.504. The number of hydrogen-bond acceptors (Lipinski definition) is 2. The number of thiophene rings is 2. The lowest BCUT2D eigenvalue weighted by atomic mass is 10.1. The van der Waals surface area contributed by atoms with Crippen molar-refractivity contribution in [2.75, 3.05) is 0 Å². The van der Waals surface area contributed by atoms with E-state index in [9.17, 15) is 8.78 Å². The summed E-state index contributed by atoms with van der Waals surface area (Å²) in [5, 5.41) is 3.41. The molecule has 2 aromatic heterocycles. The van der Waals surface area contributed by atoms with E-state index in [0.717, 1.165) is 20.1 Å². The van der Waals surface area contributed by atoms with Crippen LogP contribution in [0.3, 0.4) is 0 Å². The summed E-state index contributed by atoms with van der Waals surface area (Å²) in [7, 11) is 0. The lowest BCUT2D eigenvalue weighted by molar-refractivity contribution is 0.635. The molecule has 3 rings (SSSR count). The van der Waals surface area contributed by atoms with Crippen LogP contribution < -0.4 is 0 Å². The molecule has 0 fully saturated rings. The minimum Gasteiger partial charge on any atom is -0.205 e. The Morgan fingerprint density at radius 1 is 0.750 bits per heavy atom. The molecular formula is C14H6Br2F2S2. The van der Waals surface area contributed by atoms with Gasteiger partial charge in [-0.1, -0.05) is 31.9 Å². The number of halogens is 4. The van der Waals surface area contributed by atoms with Gasteiger partial charge in [0.1, 0.15) is 11.6 Å². The number of benzene rings is 1. The van der Waals surface area contributed by atoms with Gasteiger partial charge in [0, 0.05) is 20.1 Å². The summed E-state index contributed by atoms with van der Waals surface area (Å²) in [4.78, 5) is 1.13. The molecular weight excluding hydrogens is 430 g/mol. The average molecular weight is 436 g/mol. The molecule has 0 saturated carbocycles. The summed E-state index contributed by atoms with van der Waals surface area (Å²) >= 11 is 9.57. The Morgan fingerprint density at radius 2 is 1.15 bits per heavy atom. The highest BCUT2D eigenvalue weighted by Gasteiger charge is 2.16. The predicted molar refractivity (Wildman–Crippen MR) is 88.4 cm³/mol. The fraction of sp³-hybridized carbons (Fsp3) is 0. The molecule has 20 heavy (non-hydrogen) atoms. The van der Waals surface area contributed by atoms with E-state index in [2.05, 4.69) is 31.9 Å². The fourth-order valence-electron chi connectivity index (χ4n) is 1.87. The third kappa shape index (κ3) is 2.50. The summed E-state index contributed by atoms with van der Waals surface area (Å²) < 4.78 is 28.9. The van der Waals surface area contributed by atoms with E-state index < -0.39 is 0 Å². The van der Waals surface area contributed by atoms with Crippen molar-refractivity contribution in [3.8, 4) is 20.9 Å². The zero-order chi connectivity index (χ0) is 14.3. The molecule has 0 bridgehead atoms. The van der Waals surface area contributed by atoms with E-state index in [-0.39, 0.29) is 11.6 Å². The monoisotopic (exact) mass is 434 g/mol. The molecule has 0 aliphatic carbocycles. The van der Waals surface area contributed by atoms with Crippen LogP contribution in [0.5, 0.6) is 0 Å². The molecule has 2 heterocycles. The van der Waals surface area contributed by atoms with E-state index >= 15 is 0 Å². The molecule has 102 valence electrons. The molecule has 0 N–H and O–H groups in total. The van der Waals surface area contributed by atoms with Gasteiger partial charge in [-0.15, -0.1) is 22.7 Å². The first kappa shape index (κ1) is 14.4. The molecule has 6 heteroatoms.